The van der Waals surface area contributed by atoms with Crippen LogP contribution in [0.2, 0.25) is 0 Å². The molecule has 1 N–H and O–H groups in total. The summed E-state index contributed by atoms with van der Waals surface area (Å²) in [5.41, 5.74) is 0.737. The van der Waals surface area contributed by atoms with E-state index in [0.717, 1.165) is 11.4 Å². The molecule has 0 unspecified atom stereocenters. The number of phenols is 1. The van der Waals surface area contributed by atoms with E-state index >= 15 is 0 Å². The molecule has 0 saturated carbocycles. The Balaban J connectivity index is 2.98. The van der Waals surface area contributed by atoms with Crippen LogP contribution in [0.1, 0.15) is 20.8 Å². The highest BCUT2D eigenvalue weighted by Gasteiger charge is 2.18. The Bertz CT molecular complexity index is 366. The number of phenolic OH excluding ortho intramolecular Hbond substituents is 1. The number of nitrogens with zero attached hydrogens (tertiary/aromatic N) is 1. The van der Waals surface area contributed by atoms with Crippen LogP contribution in [0, 0.1) is 0 Å². The number of hydrogen-bond acceptors (Lipinski definition) is 3. The molecule has 88 valence electrons. The largest absolute Gasteiger partial charge is 0.508 e. The van der Waals surface area contributed by atoms with Crippen LogP contribution in [-0.2, 0) is 0 Å². The summed E-state index contributed by atoms with van der Waals surface area (Å²) in [6.07, 6.45) is 0. The number of amides is 1. The Labute approximate surface area is 100 Å². The predicted molar refractivity (Wildman–Crippen MR) is 69.2 cm³/mol. The zero-order valence-electron chi connectivity index (χ0n) is 9.80. The van der Waals surface area contributed by atoms with E-state index in [-0.39, 0.29) is 17.0 Å². The third-order valence-corrected chi connectivity index (χ3v) is 2.82. The Morgan fingerprint density at radius 2 is 2.19 bits per heavy atom. The van der Waals surface area contributed by atoms with E-state index in [4.69, 9.17) is 0 Å². The molecule has 0 bridgehead atoms. The third-order valence-electron chi connectivity index (χ3n) is 2.09. The lowest BCUT2D eigenvalue weighted by atomic mass is 10.2. The van der Waals surface area contributed by atoms with Crippen molar-refractivity contribution in [1.29, 1.82) is 0 Å². The summed E-state index contributed by atoms with van der Waals surface area (Å²) in [6.45, 7) is 5.86. The van der Waals surface area contributed by atoms with Gasteiger partial charge in [-0.25, -0.2) is 0 Å². The van der Waals surface area contributed by atoms with Gasteiger partial charge in [0.25, 0.3) is 5.24 Å². The Morgan fingerprint density at radius 3 is 2.69 bits per heavy atom. The second kappa shape index (κ2) is 5.80. The Kier molecular flexibility index (Phi) is 4.68. The summed E-state index contributed by atoms with van der Waals surface area (Å²) in [6, 6.07) is 6.85. The molecule has 16 heavy (non-hydrogen) atoms. The summed E-state index contributed by atoms with van der Waals surface area (Å²) >= 11 is 1.27. The molecule has 0 heterocycles. The molecule has 0 aliphatic rings. The second-order valence-corrected chi connectivity index (χ2v) is 4.90. The van der Waals surface area contributed by atoms with Gasteiger partial charge in [0.1, 0.15) is 5.75 Å². The Hall–Kier alpha value is -1.16. The second-order valence-electron chi connectivity index (χ2n) is 3.68. The minimum Gasteiger partial charge on any atom is -0.508 e. The molecule has 1 aromatic rings. The fourth-order valence-corrected chi connectivity index (χ4v) is 2.15. The highest BCUT2D eigenvalue weighted by atomic mass is 32.2. The summed E-state index contributed by atoms with van der Waals surface area (Å²) in [4.78, 5) is 13.6. The fraction of sp³-hybridized carbons (Fsp3) is 0.417. The van der Waals surface area contributed by atoms with Gasteiger partial charge in [-0.3, -0.25) is 4.79 Å². The smallest absolute Gasteiger partial charge is 0.286 e. The predicted octanol–water partition coefficient (Wildman–Crippen LogP) is 3.48. The van der Waals surface area contributed by atoms with E-state index in [1.54, 1.807) is 23.1 Å². The number of anilines is 1. The van der Waals surface area contributed by atoms with Crippen molar-refractivity contribution in [2.75, 3.05) is 10.7 Å². The molecule has 0 spiro atoms. The molecule has 4 heteroatoms. The molecule has 1 rings (SSSR count). The number of rotatable bonds is 3. The van der Waals surface area contributed by atoms with Crippen LogP contribution < -0.4 is 4.90 Å². The molecular weight excluding hydrogens is 222 g/mol. The molecule has 1 aromatic carbocycles. The zero-order valence-corrected chi connectivity index (χ0v) is 10.6. The van der Waals surface area contributed by atoms with E-state index < -0.39 is 0 Å². The van der Waals surface area contributed by atoms with Crippen molar-refractivity contribution in [3.8, 4) is 5.75 Å². The van der Waals surface area contributed by atoms with Crippen LogP contribution >= 0.6 is 11.8 Å². The van der Waals surface area contributed by atoms with Crippen molar-refractivity contribution in [3.05, 3.63) is 24.3 Å². The van der Waals surface area contributed by atoms with Crippen LogP contribution in [0.15, 0.2) is 24.3 Å². The zero-order chi connectivity index (χ0) is 12.1. The number of hydrogen-bond donors (Lipinski definition) is 1. The summed E-state index contributed by atoms with van der Waals surface area (Å²) in [5, 5.41) is 9.43. The number of carbonyl (C=O) groups excluding carboxylic acids is 1. The quantitative estimate of drug-likeness (QED) is 0.878. The summed E-state index contributed by atoms with van der Waals surface area (Å²) < 4.78 is 0. The topological polar surface area (TPSA) is 40.5 Å². The monoisotopic (exact) mass is 239 g/mol. The van der Waals surface area contributed by atoms with Crippen LogP contribution in [0.3, 0.4) is 0 Å². The van der Waals surface area contributed by atoms with E-state index in [0.29, 0.717) is 0 Å². The van der Waals surface area contributed by atoms with Gasteiger partial charge in [-0.15, -0.1) is 0 Å². The maximum absolute atomic E-state index is 11.9. The molecule has 0 aliphatic heterocycles. The summed E-state index contributed by atoms with van der Waals surface area (Å²) in [7, 11) is 0. The molecule has 0 aromatic heterocycles. The van der Waals surface area contributed by atoms with Crippen LogP contribution in [0.4, 0.5) is 10.5 Å². The first-order chi connectivity index (χ1) is 7.56. The van der Waals surface area contributed by atoms with Gasteiger partial charge in [0.15, 0.2) is 0 Å². The molecule has 0 fully saturated rings. The average molecular weight is 239 g/mol. The van der Waals surface area contributed by atoms with Crippen LogP contribution in [0.5, 0.6) is 5.75 Å². The van der Waals surface area contributed by atoms with Gasteiger partial charge in [-0.2, -0.15) is 0 Å². The molecule has 1 amide bonds. The van der Waals surface area contributed by atoms with Gasteiger partial charge >= 0.3 is 0 Å². The lowest BCUT2D eigenvalue weighted by Crippen LogP contribution is -2.34. The van der Waals surface area contributed by atoms with E-state index in [1.807, 2.05) is 26.8 Å². The minimum atomic E-state index is 0.0168. The van der Waals surface area contributed by atoms with Crippen LogP contribution in [-0.4, -0.2) is 22.1 Å². The lowest BCUT2D eigenvalue weighted by Gasteiger charge is -2.26. The Morgan fingerprint density at radius 1 is 1.50 bits per heavy atom. The van der Waals surface area contributed by atoms with Gasteiger partial charge in [-0.1, -0.05) is 24.8 Å². The minimum absolute atomic E-state index is 0.0168. The molecular formula is C12H17NO2S. The highest BCUT2D eigenvalue weighted by molar-refractivity contribution is 8.13. The summed E-state index contributed by atoms with van der Waals surface area (Å²) in [5.74, 6) is 0.929. The maximum Gasteiger partial charge on any atom is 0.286 e. The SMILES string of the molecule is CCSC(=O)N(c1cccc(O)c1)C(C)C. The standard InChI is InChI=1S/C12H17NO2S/c1-4-16-12(15)13(9(2)3)10-6-5-7-11(14)8-10/h5-9,14H,4H2,1-3H3. The van der Waals surface area contributed by atoms with E-state index in [9.17, 15) is 9.90 Å². The average Bonchev–Trinajstić information content (AvgIpc) is 2.17. The lowest BCUT2D eigenvalue weighted by molar-refractivity contribution is 0.264. The number of carbonyl (C=O) groups is 1. The van der Waals surface area contributed by atoms with Gasteiger partial charge in [0.05, 0.1) is 0 Å². The fourth-order valence-electron chi connectivity index (χ4n) is 1.45. The van der Waals surface area contributed by atoms with Gasteiger partial charge < -0.3 is 10.0 Å². The van der Waals surface area contributed by atoms with E-state index in [1.165, 1.54) is 11.8 Å². The first kappa shape index (κ1) is 12.9. The van der Waals surface area contributed by atoms with E-state index in [2.05, 4.69) is 0 Å². The van der Waals surface area contributed by atoms with Crippen molar-refractivity contribution in [1.82, 2.24) is 0 Å². The highest BCUT2D eigenvalue weighted by Crippen LogP contribution is 2.25. The van der Waals surface area contributed by atoms with Crippen molar-refractivity contribution in [3.63, 3.8) is 0 Å². The molecule has 0 aliphatic carbocycles. The first-order valence-electron chi connectivity index (χ1n) is 5.31. The molecule has 0 atom stereocenters. The van der Waals surface area contributed by atoms with Crippen molar-refractivity contribution in [2.24, 2.45) is 0 Å². The maximum atomic E-state index is 11.9. The molecule has 0 saturated heterocycles. The molecule has 0 radical (unpaired) electrons. The molecule has 3 nitrogen and oxygen atoms in total. The van der Waals surface area contributed by atoms with Crippen LogP contribution in [0.25, 0.3) is 0 Å². The van der Waals surface area contributed by atoms with Gasteiger partial charge in [-0.05, 0) is 31.7 Å². The third kappa shape index (κ3) is 3.17. The number of benzene rings is 1. The van der Waals surface area contributed by atoms with Gasteiger partial charge in [0.2, 0.25) is 0 Å². The first-order valence-corrected chi connectivity index (χ1v) is 6.29. The number of aromatic hydroxyl groups is 1. The number of thioether (sulfide) groups is 1. The van der Waals surface area contributed by atoms with Crippen molar-refractivity contribution < 1.29 is 9.90 Å². The van der Waals surface area contributed by atoms with Crippen molar-refractivity contribution >= 4 is 22.7 Å². The van der Waals surface area contributed by atoms with Gasteiger partial charge in [0, 0.05) is 17.8 Å². The van der Waals surface area contributed by atoms with Crippen molar-refractivity contribution in [2.45, 2.75) is 26.8 Å². The normalized spacial score (nSPS) is 10.5.